The molecule has 1 saturated carbocycles. The molecular weight excluding hydrogens is 338 g/mol. The maximum Gasteiger partial charge on any atom is 0.243 e. The molecule has 2 aromatic heterocycles. The van der Waals surface area contributed by atoms with Crippen molar-refractivity contribution < 1.29 is 9.72 Å². The first kappa shape index (κ1) is 16.6. The van der Waals surface area contributed by atoms with E-state index in [1.165, 1.54) is 0 Å². The van der Waals surface area contributed by atoms with E-state index >= 15 is 0 Å². The van der Waals surface area contributed by atoms with Crippen molar-refractivity contribution in [3.05, 3.63) is 46.9 Å². The molecular formula is C16H19N7O3. The number of carbonyl (C=O) groups is 1. The number of fused-ring (bicyclic) bond motifs is 1. The molecule has 0 bridgehead atoms. The van der Waals surface area contributed by atoms with Crippen LogP contribution in [-0.4, -0.2) is 43.7 Å². The minimum atomic E-state index is -0.580. The highest BCUT2D eigenvalue weighted by Gasteiger charge is 2.46. The lowest BCUT2D eigenvalue weighted by Crippen LogP contribution is -2.44. The van der Waals surface area contributed by atoms with Gasteiger partial charge in [-0.3, -0.25) is 20.3 Å². The summed E-state index contributed by atoms with van der Waals surface area (Å²) in [5.74, 6) is 0.327. The fraction of sp³-hybridized carbons (Fsp3) is 0.438. The van der Waals surface area contributed by atoms with Gasteiger partial charge in [-0.15, -0.1) is 0 Å². The van der Waals surface area contributed by atoms with E-state index in [2.05, 4.69) is 26.3 Å². The Labute approximate surface area is 149 Å². The average molecular weight is 357 g/mol. The molecule has 10 nitrogen and oxygen atoms in total. The van der Waals surface area contributed by atoms with Gasteiger partial charge in [-0.25, -0.2) is 15.1 Å². The highest BCUT2D eigenvalue weighted by atomic mass is 16.6. The van der Waals surface area contributed by atoms with Gasteiger partial charge in [-0.2, -0.15) is 5.10 Å². The van der Waals surface area contributed by atoms with E-state index in [1.54, 1.807) is 41.5 Å². The van der Waals surface area contributed by atoms with Crippen LogP contribution in [0.5, 0.6) is 0 Å². The van der Waals surface area contributed by atoms with Gasteiger partial charge in [0.25, 0.3) is 0 Å². The molecule has 4 atom stereocenters. The second kappa shape index (κ2) is 6.81. The molecule has 3 N–H and O–H groups in total. The van der Waals surface area contributed by atoms with Gasteiger partial charge in [0.1, 0.15) is 6.04 Å². The maximum atomic E-state index is 12.6. The van der Waals surface area contributed by atoms with Crippen molar-refractivity contribution in [3.63, 3.8) is 0 Å². The molecule has 0 spiro atoms. The lowest BCUT2D eigenvalue weighted by atomic mass is 9.79. The van der Waals surface area contributed by atoms with Gasteiger partial charge < -0.3 is 5.32 Å². The van der Waals surface area contributed by atoms with Gasteiger partial charge in [-0.1, -0.05) is 0 Å². The number of pyridine rings is 1. The van der Waals surface area contributed by atoms with Gasteiger partial charge in [0.15, 0.2) is 5.82 Å². The van der Waals surface area contributed by atoms with Crippen LogP contribution in [0.15, 0.2) is 36.8 Å². The summed E-state index contributed by atoms with van der Waals surface area (Å²) in [5.41, 5.74) is 6.66. The predicted octanol–water partition coefficient (Wildman–Crippen LogP) is 0.496. The number of amides is 1. The fourth-order valence-electron chi connectivity index (χ4n) is 3.71. The van der Waals surface area contributed by atoms with E-state index < -0.39 is 12.1 Å². The van der Waals surface area contributed by atoms with Gasteiger partial charge in [-0.05, 0) is 24.6 Å². The summed E-state index contributed by atoms with van der Waals surface area (Å²) in [6.07, 6.45) is 6.63. The zero-order valence-electron chi connectivity index (χ0n) is 13.9. The summed E-state index contributed by atoms with van der Waals surface area (Å²) in [4.78, 5) is 27.8. The summed E-state index contributed by atoms with van der Waals surface area (Å²) in [6.45, 7) is 0. The Kier molecular flexibility index (Phi) is 4.35. The predicted molar refractivity (Wildman–Crippen MR) is 92.0 cm³/mol. The molecule has 136 valence electrons. The Morgan fingerprint density at radius 2 is 2.23 bits per heavy atom. The van der Waals surface area contributed by atoms with Crippen molar-refractivity contribution in [1.29, 1.82) is 0 Å². The summed E-state index contributed by atoms with van der Waals surface area (Å²) in [5, 5.41) is 18.0. The van der Waals surface area contributed by atoms with Crippen LogP contribution >= 0.6 is 0 Å². The Hall–Kier alpha value is -2.85. The molecule has 26 heavy (non-hydrogen) atoms. The highest BCUT2D eigenvalue weighted by Crippen LogP contribution is 2.32. The molecule has 2 aromatic rings. The third kappa shape index (κ3) is 3.16. The van der Waals surface area contributed by atoms with Crippen LogP contribution in [0.3, 0.4) is 0 Å². The lowest BCUT2D eigenvalue weighted by Gasteiger charge is -2.28. The average Bonchev–Trinajstić information content (AvgIpc) is 3.31. The van der Waals surface area contributed by atoms with E-state index in [0.29, 0.717) is 30.8 Å². The van der Waals surface area contributed by atoms with Crippen LogP contribution in [0.2, 0.25) is 0 Å². The highest BCUT2D eigenvalue weighted by molar-refractivity contribution is 5.95. The van der Waals surface area contributed by atoms with Crippen LogP contribution in [0.1, 0.15) is 19.3 Å². The minimum Gasteiger partial charge on any atom is -0.323 e. The Morgan fingerprint density at radius 1 is 1.35 bits per heavy atom. The van der Waals surface area contributed by atoms with Crippen LogP contribution in [-0.2, 0) is 4.79 Å². The van der Waals surface area contributed by atoms with Crippen molar-refractivity contribution in [3.8, 4) is 5.82 Å². The molecule has 4 unspecified atom stereocenters. The fourth-order valence-corrected chi connectivity index (χ4v) is 3.71. The van der Waals surface area contributed by atoms with Crippen molar-refractivity contribution in [1.82, 2.24) is 25.6 Å². The molecule has 3 heterocycles. The summed E-state index contributed by atoms with van der Waals surface area (Å²) < 4.78 is 1.62. The van der Waals surface area contributed by atoms with Gasteiger partial charge in [0.05, 0.1) is 11.9 Å². The van der Waals surface area contributed by atoms with E-state index in [1.807, 2.05) is 0 Å². The number of aromatic nitrogens is 3. The molecule has 1 saturated heterocycles. The molecule has 1 aliphatic heterocycles. The Morgan fingerprint density at radius 3 is 2.92 bits per heavy atom. The number of anilines is 1. The molecule has 2 aliphatic rings. The molecule has 4 rings (SSSR count). The summed E-state index contributed by atoms with van der Waals surface area (Å²) in [7, 11) is 0. The first-order valence-electron chi connectivity index (χ1n) is 8.53. The third-order valence-corrected chi connectivity index (χ3v) is 5.06. The third-order valence-electron chi connectivity index (χ3n) is 5.06. The Balaban J connectivity index is 1.42. The van der Waals surface area contributed by atoms with Crippen molar-refractivity contribution >= 4 is 11.6 Å². The largest absolute Gasteiger partial charge is 0.323 e. The molecule has 0 aromatic carbocycles. The molecule has 1 amide bonds. The Bertz CT molecular complexity index is 793. The second-order valence-corrected chi connectivity index (χ2v) is 6.63. The summed E-state index contributed by atoms with van der Waals surface area (Å²) in [6, 6.07) is 4.31. The van der Waals surface area contributed by atoms with Crippen LogP contribution in [0.25, 0.3) is 5.82 Å². The molecule has 1 aliphatic carbocycles. The zero-order chi connectivity index (χ0) is 18.1. The molecule has 10 heteroatoms. The molecule has 0 radical (unpaired) electrons. The van der Waals surface area contributed by atoms with Crippen LogP contribution < -0.4 is 16.2 Å². The number of nitrogens with zero attached hydrogens (tertiary/aromatic N) is 4. The maximum absolute atomic E-state index is 12.6. The number of hydrogen-bond acceptors (Lipinski definition) is 7. The number of hydrazine groups is 1. The van der Waals surface area contributed by atoms with Gasteiger partial charge >= 0.3 is 0 Å². The first-order chi connectivity index (χ1) is 12.6. The summed E-state index contributed by atoms with van der Waals surface area (Å²) >= 11 is 0. The van der Waals surface area contributed by atoms with Gasteiger partial charge in [0, 0.05) is 42.1 Å². The number of rotatable bonds is 4. The first-order valence-corrected chi connectivity index (χ1v) is 8.53. The van der Waals surface area contributed by atoms with E-state index in [-0.39, 0.29) is 22.8 Å². The normalized spacial score (nSPS) is 27.7. The van der Waals surface area contributed by atoms with Crippen molar-refractivity contribution in [2.24, 2.45) is 5.92 Å². The lowest BCUT2D eigenvalue weighted by molar-refractivity contribution is -0.528. The zero-order valence-corrected chi connectivity index (χ0v) is 13.9. The van der Waals surface area contributed by atoms with Crippen LogP contribution in [0, 0.1) is 16.0 Å². The van der Waals surface area contributed by atoms with E-state index in [4.69, 9.17) is 0 Å². The monoisotopic (exact) mass is 357 g/mol. The number of hydrogen-bond donors (Lipinski definition) is 3. The van der Waals surface area contributed by atoms with E-state index in [9.17, 15) is 14.9 Å². The number of nitrogens with one attached hydrogen (secondary N) is 3. The molecule has 2 fully saturated rings. The van der Waals surface area contributed by atoms with E-state index in [0.717, 1.165) is 0 Å². The number of carbonyl (C=O) groups excluding carboxylic acids is 1. The van der Waals surface area contributed by atoms with Crippen LogP contribution in [0.4, 0.5) is 5.69 Å². The topological polar surface area (TPSA) is 127 Å². The second-order valence-electron chi connectivity index (χ2n) is 6.63. The standard InChI is InChI=1S/C16H19N7O3/c24-16(15-12-8-11(23(25)26)3-4-13(12)20-21-15)19-10-2-5-14(17-9-10)22-7-1-6-18-22/h1-2,5-7,9,11-13,15,20-21H,3-4,8H2,(H,19,24). The number of nitro groups is 1. The van der Waals surface area contributed by atoms with Gasteiger partial charge in [0.2, 0.25) is 11.9 Å². The minimum absolute atomic E-state index is 0.0854. The van der Waals surface area contributed by atoms with Crippen molar-refractivity contribution in [2.75, 3.05) is 5.32 Å². The smallest absolute Gasteiger partial charge is 0.243 e. The van der Waals surface area contributed by atoms with Crippen molar-refractivity contribution in [2.45, 2.75) is 37.4 Å². The quantitative estimate of drug-likeness (QED) is 0.537. The SMILES string of the molecule is O=C(Nc1ccc(-n2cccn2)nc1)C1NNC2CCC([N+](=O)[O-])CC21.